The molecule has 0 aliphatic carbocycles. The first-order valence-electron chi connectivity index (χ1n) is 8.75. The second-order valence-electron chi connectivity index (χ2n) is 6.55. The van der Waals surface area contributed by atoms with Crippen molar-refractivity contribution in [2.75, 3.05) is 27.8 Å². The van der Waals surface area contributed by atoms with E-state index in [0.29, 0.717) is 17.1 Å². The van der Waals surface area contributed by atoms with Gasteiger partial charge in [-0.2, -0.15) is 0 Å². The molecule has 1 unspecified atom stereocenters. The molecule has 0 aliphatic heterocycles. The molecule has 26 heavy (non-hydrogen) atoms. The molecule has 0 aromatic heterocycles. The van der Waals surface area contributed by atoms with Crippen LogP contribution in [0.15, 0.2) is 35.4 Å². The van der Waals surface area contributed by atoms with Gasteiger partial charge in [0, 0.05) is 14.2 Å². The van der Waals surface area contributed by atoms with Crippen LogP contribution in [0.4, 0.5) is 0 Å². The smallest absolute Gasteiger partial charge is 0.188 e. The van der Waals surface area contributed by atoms with Gasteiger partial charge in [0.15, 0.2) is 13.6 Å². The van der Waals surface area contributed by atoms with E-state index in [1.54, 1.807) is 14.2 Å². The highest BCUT2D eigenvalue weighted by molar-refractivity contribution is 5.50. The maximum atomic E-state index is 10.8. The SMILES string of the molecule is COCOc1cc(C)cc(OCOC)c1C(O)/C=C(\C)CCC=C(C)C. The second-order valence-corrected chi connectivity index (χ2v) is 6.55. The Morgan fingerprint density at radius 1 is 1.04 bits per heavy atom. The fourth-order valence-electron chi connectivity index (χ4n) is 2.53. The molecule has 0 bridgehead atoms. The minimum atomic E-state index is -0.846. The molecular weight excluding hydrogens is 332 g/mol. The average molecular weight is 364 g/mol. The third-order valence-electron chi connectivity index (χ3n) is 3.74. The number of rotatable bonds is 11. The fraction of sp³-hybridized carbons (Fsp3) is 0.524. The van der Waals surface area contributed by atoms with Crippen LogP contribution in [-0.2, 0) is 9.47 Å². The van der Waals surface area contributed by atoms with E-state index < -0.39 is 6.10 Å². The van der Waals surface area contributed by atoms with Gasteiger partial charge in [0.2, 0.25) is 0 Å². The maximum absolute atomic E-state index is 10.8. The zero-order valence-electron chi connectivity index (χ0n) is 16.8. The average Bonchev–Trinajstić information content (AvgIpc) is 2.57. The van der Waals surface area contributed by atoms with Crippen molar-refractivity contribution in [3.8, 4) is 11.5 Å². The minimum absolute atomic E-state index is 0.0934. The van der Waals surface area contributed by atoms with E-state index in [4.69, 9.17) is 18.9 Å². The van der Waals surface area contributed by atoms with Gasteiger partial charge in [0.1, 0.15) is 17.6 Å². The van der Waals surface area contributed by atoms with Gasteiger partial charge in [-0.1, -0.05) is 23.3 Å². The quantitative estimate of drug-likeness (QED) is 0.456. The van der Waals surface area contributed by atoms with Crippen molar-refractivity contribution in [1.82, 2.24) is 0 Å². The summed E-state index contributed by atoms with van der Waals surface area (Å²) < 4.78 is 21.3. The number of allylic oxidation sites excluding steroid dienone is 3. The van der Waals surface area contributed by atoms with Crippen molar-refractivity contribution in [3.63, 3.8) is 0 Å². The Balaban J connectivity index is 3.13. The molecule has 0 saturated carbocycles. The summed E-state index contributed by atoms with van der Waals surface area (Å²) in [5, 5.41) is 10.8. The first kappa shape index (κ1) is 22.2. The molecular formula is C21H32O5. The first-order valence-corrected chi connectivity index (χ1v) is 8.75. The molecule has 0 aliphatic rings. The standard InChI is InChI=1S/C21H32O5/c1-15(2)8-7-9-16(3)10-18(22)21-19(25-13-23-5)11-17(4)12-20(21)26-14-24-6/h8,10-12,18,22H,7,9,13-14H2,1-6H3/b16-10+. The number of benzene rings is 1. The van der Waals surface area contributed by atoms with E-state index in [1.165, 1.54) is 5.57 Å². The Labute approximate surface area is 157 Å². The van der Waals surface area contributed by atoms with Crippen LogP contribution in [0.25, 0.3) is 0 Å². The maximum Gasteiger partial charge on any atom is 0.188 e. The number of aryl methyl sites for hydroxylation is 1. The van der Waals surface area contributed by atoms with Gasteiger partial charge in [-0.25, -0.2) is 0 Å². The lowest BCUT2D eigenvalue weighted by Crippen LogP contribution is -2.09. The van der Waals surface area contributed by atoms with Crippen LogP contribution in [0, 0.1) is 6.92 Å². The van der Waals surface area contributed by atoms with Crippen LogP contribution in [0.1, 0.15) is 50.8 Å². The van der Waals surface area contributed by atoms with Gasteiger partial charge < -0.3 is 24.1 Å². The van der Waals surface area contributed by atoms with Crippen molar-refractivity contribution < 1.29 is 24.1 Å². The number of aliphatic hydroxyl groups excluding tert-OH is 1. The molecule has 1 N–H and O–H groups in total. The van der Waals surface area contributed by atoms with Crippen LogP contribution < -0.4 is 9.47 Å². The summed E-state index contributed by atoms with van der Waals surface area (Å²) in [6.07, 6.45) is 5.02. The van der Waals surface area contributed by atoms with Crippen LogP contribution >= 0.6 is 0 Å². The fourth-order valence-corrected chi connectivity index (χ4v) is 2.53. The van der Waals surface area contributed by atoms with Gasteiger partial charge in [-0.05, 0) is 58.2 Å². The Morgan fingerprint density at radius 2 is 1.58 bits per heavy atom. The molecule has 0 amide bonds. The van der Waals surface area contributed by atoms with E-state index in [9.17, 15) is 5.11 Å². The lowest BCUT2D eigenvalue weighted by molar-refractivity contribution is 0.0417. The van der Waals surface area contributed by atoms with Crippen LogP contribution in [-0.4, -0.2) is 32.9 Å². The summed E-state index contributed by atoms with van der Waals surface area (Å²) >= 11 is 0. The molecule has 0 radical (unpaired) electrons. The van der Waals surface area contributed by atoms with Crippen molar-refractivity contribution in [2.45, 2.75) is 46.6 Å². The van der Waals surface area contributed by atoms with Crippen LogP contribution in [0.5, 0.6) is 11.5 Å². The van der Waals surface area contributed by atoms with Crippen LogP contribution in [0.3, 0.4) is 0 Å². The molecule has 5 heteroatoms. The molecule has 0 spiro atoms. The molecule has 5 nitrogen and oxygen atoms in total. The second kappa shape index (κ2) is 11.7. The number of ether oxygens (including phenoxy) is 4. The Kier molecular flexibility index (Phi) is 10.0. The molecule has 1 atom stereocenters. The van der Waals surface area contributed by atoms with E-state index in [-0.39, 0.29) is 13.6 Å². The van der Waals surface area contributed by atoms with Gasteiger partial charge in [-0.15, -0.1) is 0 Å². The summed E-state index contributed by atoms with van der Waals surface area (Å²) in [4.78, 5) is 0. The van der Waals surface area contributed by atoms with Gasteiger partial charge in [-0.3, -0.25) is 0 Å². The minimum Gasteiger partial charge on any atom is -0.467 e. The van der Waals surface area contributed by atoms with Crippen molar-refractivity contribution in [2.24, 2.45) is 0 Å². The highest BCUT2D eigenvalue weighted by Crippen LogP contribution is 2.37. The monoisotopic (exact) mass is 364 g/mol. The summed E-state index contributed by atoms with van der Waals surface area (Å²) in [7, 11) is 3.11. The highest BCUT2D eigenvalue weighted by Gasteiger charge is 2.19. The van der Waals surface area contributed by atoms with Crippen LogP contribution in [0.2, 0.25) is 0 Å². The summed E-state index contributed by atoms with van der Waals surface area (Å²) in [6, 6.07) is 3.73. The van der Waals surface area contributed by atoms with Crippen molar-refractivity contribution >= 4 is 0 Å². The summed E-state index contributed by atoms with van der Waals surface area (Å²) in [5.41, 5.74) is 3.93. The molecule has 0 saturated heterocycles. The summed E-state index contributed by atoms with van der Waals surface area (Å²) in [5.74, 6) is 1.08. The number of methoxy groups -OCH3 is 2. The van der Waals surface area contributed by atoms with E-state index in [1.807, 2.05) is 32.1 Å². The largest absolute Gasteiger partial charge is 0.467 e. The van der Waals surface area contributed by atoms with E-state index in [0.717, 1.165) is 24.0 Å². The topological polar surface area (TPSA) is 57.2 Å². The predicted octanol–water partition coefficient (Wildman–Crippen LogP) is 4.69. The lowest BCUT2D eigenvalue weighted by Gasteiger charge is -2.19. The Bertz CT molecular complexity index is 586. The van der Waals surface area contributed by atoms with E-state index >= 15 is 0 Å². The molecule has 0 heterocycles. The Morgan fingerprint density at radius 3 is 2.04 bits per heavy atom. The predicted molar refractivity (Wildman–Crippen MR) is 104 cm³/mol. The third kappa shape index (κ3) is 7.60. The number of hydrogen-bond acceptors (Lipinski definition) is 5. The molecule has 1 aromatic rings. The van der Waals surface area contributed by atoms with Gasteiger partial charge in [0.05, 0.1) is 5.56 Å². The summed E-state index contributed by atoms with van der Waals surface area (Å²) in [6.45, 7) is 8.31. The van der Waals surface area contributed by atoms with E-state index in [2.05, 4.69) is 19.9 Å². The van der Waals surface area contributed by atoms with Crippen molar-refractivity contribution in [1.29, 1.82) is 0 Å². The normalized spacial score (nSPS) is 12.7. The zero-order chi connectivity index (χ0) is 19.5. The van der Waals surface area contributed by atoms with Gasteiger partial charge in [0.25, 0.3) is 0 Å². The molecule has 146 valence electrons. The highest BCUT2D eigenvalue weighted by atomic mass is 16.7. The molecule has 1 rings (SSSR count). The molecule has 1 aromatic carbocycles. The third-order valence-corrected chi connectivity index (χ3v) is 3.74. The first-order chi connectivity index (χ1) is 12.4. The Hall–Kier alpha value is -1.82. The zero-order valence-corrected chi connectivity index (χ0v) is 16.8. The van der Waals surface area contributed by atoms with Gasteiger partial charge >= 0.3 is 0 Å². The number of hydrogen-bond donors (Lipinski definition) is 1. The lowest BCUT2D eigenvalue weighted by atomic mass is 10.0. The van der Waals surface area contributed by atoms with Crippen molar-refractivity contribution in [3.05, 3.63) is 46.6 Å². The number of aliphatic hydroxyl groups is 1. The molecule has 0 fully saturated rings.